The molecule has 0 saturated carbocycles. The molecule has 0 aromatic heterocycles. The molecule has 0 spiro atoms. The molecule has 0 saturated heterocycles. The van der Waals surface area contributed by atoms with Crippen molar-refractivity contribution in [2.24, 2.45) is 10.9 Å². The van der Waals surface area contributed by atoms with Crippen LogP contribution in [-0.2, 0) is 6.54 Å². The predicted molar refractivity (Wildman–Crippen MR) is 78.9 cm³/mol. The molecule has 0 radical (unpaired) electrons. The molecule has 0 heterocycles. The summed E-state index contributed by atoms with van der Waals surface area (Å²) in [6.07, 6.45) is 7.84. The Hall–Kier alpha value is -1.63. The lowest BCUT2D eigenvalue weighted by atomic mass is 9.86. The first-order valence-electron chi connectivity index (χ1n) is 6.64. The summed E-state index contributed by atoms with van der Waals surface area (Å²) in [6.45, 7) is 6.95. The van der Waals surface area contributed by atoms with Crippen LogP contribution in [0.15, 0.2) is 59.1 Å². The molecule has 0 unspecified atom stereocenters. The van der Waals surface area contributed by atoms with Crippen molar-refractivity contribution in [3.05, 3.63) is 59.7 Å². The summed E-state index contributed by atoms with van der Waals surface area (Å²) < 4.78 is 0. The second-order valence-corrected chi connectivity index (χ2v) is 5.05. The summed E-state index contributed by atoms with van der Waals surface area (Å²) in [5.41, 5.74) is 3.96. The van der Waals surface area contributed by atoms with Gasteiger partial charge in [0.2, 0.25) is 0 Å². The maximum absolute atomic E-state index is 4.52. The van der Waals surface area contributed by atoms with Gasteiger partial charge in [0.1, 0.15) is 0 Å². The van der Waals surface area contributed by atoms with Crippen molar-refractivity contribution in [2.75, 3.05) is 0 Å². The van der Waals surface area contributed by atoms with Crippen molar-refractivity contribution in [2.45, 2.75) is 32.7 Å². The van der Waals surface area contributed by atoms with E-state index in [1.54, 1.807) is 0 Å². The monoisotopic (exact) mass is 239 g/mol. The zero-order valence-electron chi connectivity index (χ0n) is 11.1. The van der Waals surface area contributed by atoms with Crippen molar-refractivity contribution in [3.63, 3.8) is 0 Å². The van der Waals surface area contributed by atoms with Gasteiger partial charge in [0, 0.05) is 6.21 Å². The van der Waals surface area contributed by atoms with Gasteiger partial charge in [-0.2, -0.15) is 0 Å². The van der Waals surface area contributed by atoms with Crippen LogP contribution in [0.5, 0.6) is 0 Å². The largest absolute Gasteiger partial charge is 0.288 e. The molecule has 0 bridgehead atoms. The van der Waals surface area contributed by atoms with Crippen molar-refractivity contribution in [3.8, 4) is 0 Å². The van der Waals surface area contributed by atoms with E-state index < -0.39 is 0 Å². The molecule has 1 nitrogen and oxygen atoms in total. The fraction of sp³-hybridized carbons (Fsp3) is 0.353. The summed E-state index contributed by atoms with van der Waals surface area (Å²) in [7, 11) is 0. The Bertz CT molecular complexity index is 454. The van der Waals surface area contributed by atoms with E-state index in [-0.39, 0.29) is 0 Å². The van der Waals surface area contributed by atoms with Gasteiger partial charge in [0.25, 0.3) is 0 Å². The summed E-state index contributed by atoms with van der Waals surface area (Å²) in [5, 5.41) is 0. The maximum atomic E-state index is 4.52. The molecule has 1 aliphatic rings. The molecule has 0 amide bonds. The summed E-state index contributed by atoms with van der Waals surface area (Å²) >= 11 is 0. The Labute approximate surface area is 110 Å². The molecule has 1 aromatic rings. The van der Waals surface area contributed by atoms with Crippen molar-refractivity contribution >= 4 is 6.21 Å². The average Bonchev–Trinajstić information content (AvgIpc) is 2.40. The Morgan fingerprint density at radius 2 is 2.17 bits per heavy atom. The summed E-state index contributed by atoms with van der Waals surface area (Å²) in [4.78, 5) is 4.52. The molecule has 0 fully saturated rings. The third-order valence-corrected chi connectivity index (χ3v) is 3.52. The molecule has 94 valence electrons. The Morgan fingerprint density at radius 3 is 2.78 bits per heavy atom. The van der Waals surface area contributed by atoms with Gasteiger partial charge in [0.05, 0.1) is 6.54 Å². The zero-order valence-corrected chi connectivity index (χ0v) is 11.1. The zero-order chi connectivity index (χ0) is 12.8. The van der Waals surface area contributed by atoms with Gasteiger partial charge in [-0.25, -0.2) is 0 Å². The second-order valence-electron chi connectivity index (χ2n) is 5.05. The molecule has 1 aliphatic carbocycles. The van der Waals surface area contributed by atoms with E-state index in [2.05, 4.69) is 48.8 Å². The number of hydrogen-bond donors (Lipinski definition) is 0. The average molecular weight is 239 g/mol. The third-order valence-electron chi connectivity index (χ3n) is 3.52. The Kier molecular flexibility index (Phi) is 4.52. The summed E-state index contributed by atoms with van der Waals surface area (Å²) in [5.74, 6) is 0.677. The first-order valence-corrected chi connectivity index (χ1v) is 6.64. The number of allylic oxidation sites excluding steroid dienone is 3. The van der Waals surface area contributed by atoms with Gasteiger partial charge in [-0.15, -0.1) is 0 Å². The van der Waals surface area contributed by atoms with Gasteiger partial charge in [-0.05, 0) is 43.2 Å². The van der Waals surface area contributed by atoms with Crippen LogP contribution in [0.1, 0.15) is 31.7 Å². The molecular weight excluding hydrogens is 218 g/mol. The lowest BCUT2D eigenvalue weighted by Gasteiger charge is -2.20. The normalized spacial score (nSPS) is 19.8. The van der Waals surface area contributed by atoms with E-state index in [4.69, 9.17) is 0 Å². The van der Waals surface area contributed by atoms with Crippen LogP contribution in [0.25, 0.3) is 0 Å². The highest BCUT2D eigenvalue weighted by Gasteiger charge is 2.13. The van der Waals surface area contributed by atoms with Crippen molar-refractivity contribution in [1.82, 2.24) is 0 Å². The first kappa shape index (κ1) is 12.8. The fourth-order valence-electron chi connectivity index (χ4n) is 2.27. The van der Waals surface area contributed by atoms with E-state index >= 15 is 0 Å². The van der Waals surface area contributed by atoms with Crippen molar-refractivity contribution in [1.29, 1.82) is 0 Å². The molecule has 1 heteroatoms. The highest BCUT2D eigenvalue weighted by Crippen LogP contribution is 2.27. The van der Waals surface area contributed by atoms with Gasteiger partial charge in [-0.1, -0.05) is 48.6 Å². The molecule has 1 atom stereocenters. The van der Waals surface area contributed by atoms with E-state index in [1.807, 2.05) is 12.3 Å². The Morgan fingerprint density at radius 1 is 1.39 bits per heavy atom. The smallest absolute Gasteiger partial charge is 0.0639 e. The topological polar surface area (TPSA) is 12.4 Å². The van der Waals surface area contributed by atoms with Gasteiger partial charge in [-0.3, -0.25) is 4.99 Å². The number of nitrogens with zero attached hydrogens (tertiary/aromatic N) is 1. The number of benzene rings is 1. The minimum absolute atomic E-state index is 0.677. The van der Waals surface area contributed by atoms with Crippen LogP contribution in [0.2, 0.25) is 0 Å². The van der Waals surface area contributed by atoms with Crippen LogP contribution in [0.4, 0.5) is 0 Å². The highest BCUT2D eigenvalue weighted by molar-refractivity contribution is 5.78. The van der Waals surface area contributed by atoms with Gasteiger partial charge < -0.3 is 0 Å². The van der Waals surface area contributed by atoms with Gasteiger partial charge >= 0.3 is 0 Å². The molecular formula is C17H21N. The van der Waals surface area contributed by atoms with E-state index in [1.165, 1.54) is 23.1 Å². The minimum Gasteiger partial charge on any atom is -0.288 e. The summed E-state index contributed by atoms with van der Waals surface area (Å²) in [6, 6.07) is 10.4. The van der Waals surface area contributed by atoms with Crippen LogP contribution in [0, 0.1) is 5.92 Å². The second kappa shape index (κ2) is 6.34. The molecule has 0 N–H and O–H groups in total. The SMILES string of the molecule is C=C(C)[C@@H]1CC=C(C=NCc2ccccc2)CC1. The molecule has 2 rings (SSSR count). The number of hydrogen-bond acceptors (Lipinski definition) is 1. The van der Waals surface area contributed by atoms with E-state index in [0.717, 1.165) is 19.4 Å². The van der Waals surface area contributed by atoms with Crippen LogP contribution in [-0.4, -0.2) is 6.21 Å². The third kappa shape index (κ3) is 3.69. The minimum atomic E-state index is 0.677. The van der Waals surface area contributed by atoms with E-state index in [9.17, 15) is 0 Å². The predicted octanol–water partition coefficient (Wildman–Crippen LogP) is 4.56. The maximum Gasteiger partial charge on any atom is 0.0639 e. The van der Waals surface area contributed by atoms with Crippen LogP contribution >= 0.6 is 0 Å². The van der Waals surface area contributed by atoms with Crippen LogP contribution in [0.3, 0.4) is 0 Å². The Balaban J connectivity index is 1.86. The lowest BCUT2D eigenvalue weighted by molar-refractivity contribution is 0.548. The molecule has 1 aromatic carbocycles. The number of rotatable bonds is 4. The fourth-order valence-corrected chi connectivity index (χ4v) is 2.27. The standard InChI is InChI=1S/C17H21N/c1-14(2)17-10-8-16(9-11-17)13-18-12-15-6-4-3-5-7-15/h3-8,13,17H,1,9-12H2,2H3/t17-/m1/s1. The lowest BCUT2D eigenvalue weighted by Crippen LogP contribution is -2.06. The highest BCUT2D eigenvalue weighted by atomic mass is 14.7. The first-order chi connectivity index (χ1) is 8.75. The quantitative estimate of drug-likeness (QED) is 0.539. The van der Waals surface area contributed by atoms with E-state index in [0.29, 0.717) is 5.92 Å². The molecule has 0 aliphatic heterocycles. The van der Waals surface area contributed by atoms with Gasteiger partial charge in [0.15, 0.2) is 0 Å². The van der Waals surface area contributed by atoms with Crippen molar-refractivity contribution < 1.29 is 0 Å². The molecule has 18 heavy (non-hydrogen) atoms. The number of aliphatic imine (C=N–C) groups is 1. The van der Waals surface area contributed by atoms with Crippen LogP contribution < -0.4 is 0 Å².